The van der Waals surface area contributed by atoms with Gasteiger partial charge >= 0.3 is 0 Å². The minimum Gasteiger partial charge on any atom is -0.379 e. The maximum absolute atomic E-state index is 5.97. The quantitative estimate of drug-likeness (QED) is 0.903. The Kier molecular flexibility index (Phi) is 3.61. The van der Waals surface area contributed by atoms with E-state index in [4.69, 9.17) is 9.47 Å². The van der Waals surface area contributed by atoms with Crippen LogP contribution in [0, 0.1) is 0 Å². The maximum atomic E-state index is 5.97. The summed E-state index contributed by atoms with van der Waals surface area (Å²) in [7, 11) is 0. The second-order valence-corrected chi connectivity index (χ2v) is 5.99. The smallest absolute Gasteiger partial charge is 0.0841 e. The molecule has 1 aromatic rings. The van der Waals surface area contributed by atoms with E-state index < -0.39 is 0 Å². The van der Waals surface area contributed by atoms with Gasteiger partial charge in [0.05, 0.1) is 31.3 Å². The summed E-state index contributed by atoms with van der Waals surface area (Å²) in [4.78, 5) is 0. The van der Waals surface area contributed by atoms with E-state index >= 15 is 0 Å². The Morgan fingerprint density at radius 2 is 1.95 bits per heavy atom. The van der Waals surface area contributed by atoms with Crippen molar-refractivity contribution in [2.75, 3.05) is 32.9 Å². The molecule has 1 aromatic carbocycles. The molecule has 0 aliphatic carbocycles. The van der Waals surface area contributed by atoms with Crippen LogP contribution in [0.5, 0.6) is 0 Å². The number of morpholine rings is 1. The second-order valence-electron chi connectivity index (χ2n) is 5.99. The molecule has 0 aromatic heterocycles. The van der Waals surface area contributed by atoms with Crippen LogP contribution in [0.1, 0.15) is 30.9 Å². The van der Waals surface area contributed by atoms with Crippen LogP contribution < -0.4 is 5.32 Å². The van der Waals surface area contributed by atoms with E-state index in [1.807, 2.05) is 0 Å². The first kappa shape index (κ1) is 13.1. The third-order valence-corrected chi connectivity index (χ3v) is 4.42. The van der Waals surface area contributed by atoms with Crippen molar-refractivity contribution < 1.29 is 9.47 Å². The van der Waals surface area contributed by atoms with Gasteiger partial charge in [0.25, 0.3) is 0 Å². The highest BCUT2D eigenvalue weighted by molar-refractivity contribution is 5.34. The lowest BCUT2D eigenvalue weighted by Crippen LogP contribution is -2.61. The SMILES string of the molecule is CC(C)c1ccc(C2(C3CNCCO3)COC2)cc1. The Labute approximate surface area is 115 Å². The predicted octanol–water partition coefficient (Wildman–Crippen LogP) is 2.07. The van der Waals surface area contributed by atoms with E-state index in [2.05, 4.69) is 43.4 Å². The van der Waals surface area contributed by atoms with Gasteiger partial charge in [-0.2, -0.15) is 0 Å². The minimum atomic E-state index is 0.0585. The van der Waals surface area contributed by atoms with Gasteiger partial charge in [-0.25, -0.2) is 0 Å². The summed E-state index contributed by atoms with van der Waals surface area (Å²) >= 11 is 0. The van der Waals surface area contributed by atoms with Crippen LogP contribution in [0.15, 0.2) is 24.3 Å². The van der Waals surface area contributed by atoms with Gasteiger partial charge in [0.15, 0.2) is 0 Å². The average Bonchev–Trinajstić information content (AvgIpc) is 2.39. The molecule has 104 valence electrons. The van der Waals surface area contributed by atoms with Crippen molar-refractivity contribution in [2.45, 2.75) is 31.3 Å². The molecular formula is C16H23NO2. The van der Waals surface area contributed by atoms with E-state index in [-0.39, 0.29) is 11.5 Å². The van der Waals surface area contributed by atoms with E-state index in [0.717, 1.165) is 32.9 Å². The summed E-state index contributed by atoms with van der Waals surface area (Å²) in [5, 5.41) is 3.43. The molecule has 2 saturated heterocycles. The molecule has 2 aliphatic rings. The topological polar surface area (TPSA) is 30.5 Å². The molecule has 1 unspecified atom stereocenters. The lowest BCUT2D eigenvalue weighted by atomic mass is 9.73. The molecular weight excluding hydrogens is 238 g/mol. The van der Waals surface area contributed by atoms with Gasteiger partial charge in [0.1, 0.15) is 0 Å². The minimum absolute atomic E-state index is 0.0585. The average molecular weight is 261 g/mol. The molecule has 3 nitrogen and oxygen atoms in total. The first-order valence-corrected chi connectivity index (χ1v) is 7.23. The van der Waals surface area contributed by atoms with Gasteiger partial charge in [0, 0.05) is 13.1 Å². The summed E-state index contributed by atoms with van der Waals surface area (Å²) in [5.41, 5.74) is 2.81. The van der Waals surface area contributed by atoms with E-state index in [1.54, 1.807) is 0 Å². The maximum Gasteiger partial charge on any atom is 0.0841 e. The van der Waals surface area contributed by atoms with E-state index in [9.17, 15) is 0 Å². The van der Waals surface area contributed by atoms with E-state index in [1.165, 1.54) is 11.1 Å². The summed E-state index contributed by atoms with van der Waals surface area (Å²) in [6.45, 7) is 8.70. The van der Waals surface area contributed by atoms with Crippen molar-refractivity contribution in [1.29, 1.82) is 0 Å². The Balaban J connectivity index is 1.84. The monoisotopic (exact) mass is 261 g/mol. The fraction of sp³-hybridized carbons (Fsp3) is 0.625. The summed E-state index contributed by atoms with van der Waals surface area (Å²) in [6, 6.07) is 9.01. The Hall–Kier alpha value is -0.900. The third-order valence-electron chi connectivity index (χ3n) is 4.42. The molecule has 1 atom stereocenters. The van der Waals surface area contributed by atoms with Crippen molar-refractivity contribution in [3.63, 3.8) is 0 Å². The molecule has 0 amide bonds. The first-order valence-electron chi connectivity index (χ1n) is 7.23. The van der Waals surface area contributed by atoms with Crippen LogP contribution in [0.4, 0.5) is 0 Å². The molecule has 3 heteroatoms. The second kappa shape index (κ2) is 5.23. The zero-order valence-corrected chi connectivity index (χ0v) is 11.8. The van der Waals surface area contributed by atoms with E-state index in [0.29, 0.717) is 5.92 Å². The fourth-order valence-electron chi connectivity index (χ4n) is 2.98. The van der Waals surface area contributed by atoms with Crippen LogP contribution >= 0.6 is 0 Å². The van der Waals surface area contributed by atoms with Gasteiger partial charge in [-0.15, -0.1) is 0 Å². The molecule has 2 aliphatic heterocycles. The van der Waals surface area contributed by atoms with Crippen molar-refractivity contribution in [2.24, 2.45) is 0 Å². The Morgan fingerprint density at radius 1 is 1.21 bits per heavy atom. The molecule has 3 rings (SSSR count). The first-order chi connectivity index (χ1) is 9.22. The lowest BCUT2D eigenvalue weighted by molar-refractivity contribution is -0.146. The van der Waals surface area contributed by atoms with Gasteiger partial charge in [-0.05, 0) is 17.0 Å². The van der Waals surface area contributed by atoms with Crippen LogP contribution in [0.2, 0.25) is 0 Å². The predicted molar refractivity (Wildman–Crippen MR) is 75.6 cm³/mol. The molecule has 0 saturated carbocycles. The Morgan fingerprint density at radius 3 is 2.42 bits per heavy atom. The Bertz CT molecular complexity index is 417. The van der Waals surface area contributed by atoms with Crippen LogP contribution in [-0.2, 0) is 14.9 Å². The van der Waals surface area contributed by atoms with Gasteiger partial charge in [-0.3, -0.25) is 0 Å². The molecule has 19 heavy (non-hydrogen) atoms. The fourth-order valence-corrected chi connectivity index (χ4v) is 2.98. The number of hydrogen-bond acceptors (Lipinski definition) is 3. The van der Waals surface area contributed by atoms with Gasteiger partial charge in [0.2, 0.25) is 0 Å². The zero-order chi connectivity index (χ0) is 13.3. The van der Waals surface area contributed by atoms with Gasteiger partial charge in [-0.1, -0.05) is 38.1 Å². The molecule has 0 radical (unpaired) electrons. The van der Waals surface area contributed by atoms with Crippen LogP contribution in [0.3, 0.4) is 0 Å². The third kappa shape index (κ3) is 2.31. The standard InChI is InChI=1S/C16H23NO2/c1-12(2)13-3-5-14(6-4-13)16(10-18-11-16)15-9-17-7-8-19-15/h3-6,12,15,17H,7-11H2,1-2H3. The van der Waals surface area contributed by atoms with Crippen molar-refractivity contribution in [3.8, 4) is 0 Å². The number of rotatable bonds is 3. The lowest BCUT2D eigenvalue weighted by Gasteiger charge is -2.48. The summed E-state index contributed by atoms with van der Waals surface area (Å²) in [6.07, 6.45) is 0.236. The molecule has 1 N–H and O–H groups in total. The van der Waals surface area contributed by atoms with Crippen molar-refractivity contribution in [3.05, 3.63) is 35.4 Å². The zero-order valence-electron chi connectivity index (χ0n) is 11.8. The van der Waals surface area contributed by atoms with Gasteiger partial charge < -0.3 is 14.8 Å². The molecule has 2 heterocycles. The van der Waals surface area contributed by atoms with Crippen molar-refractivity contribution in [1.82, 2.24) is 5.32 Å². The number of ether oxygens (including phenoxy) is 2. The number of benzene rings is 1. The largest absolute Gasteiger partial charge is 0.379 e. The molecule has 2 fully saturated rings. The molecule has 0 bridgehead atoms. The highest BCUT2D eigenvalue weighted by Crippen LogP contribution is 2.38. The highest BCUT2D eigenvalue weighted by atomic mass is 16.5. The summed E-state index contributed by atoms with van der Waals surface area (Å²) in [5.74, 6) is 0.579. The summed E-state index contributed by atoms with van der Waals surface area (Å²) < 4.78 is 11.5. The highest BCUT2D eigenvalue weighted by Gasteiger charge is 2.48. The number of hydrogen-bond donors (Lipinski definition) is 1. The number of nitrogens with one attached hydrogen (secondary N) is 1. The van der Waals surface area contributed by atoms with Crippen LogP contribution in [-0.4, -0.2) is 39.0 Å². The van der Waals surface area contributed by atoms with Crippen molar-refractivity contribution >= 4 is 0 Å². The van der Waals surface area contributed by atoms with Crippen LogP contribution in [0.25, 0.3) is 0 Å². The molecule has 0 spiro atoms. The normalized spacial score (nSPS) is 26.2.